The van der Waals surface area contributed by atoms with Crippen molar-refractivity contribution in [3.8, 4) is 16.6 Å². The van der Waals surface area contributed by atoms with Gasteiger partial charge in [-0.2, -0.15) is 4.98 Å². The summed E-state index contributed by atoms with van der Waals surface area (Å²) in [5, 5.41) is 3.75. The molecule has 6 heteroatoms. The van der Waals surface area contributed by atoms with Gasteiger partial charge in [-0.3, -0.25) is 4.90 Å². The van der Waals surface area contributed by atoms with E-state index in [1.54, 1.807) is 0 Å². The second-order valence-electron chi connectivity index (χ2n) is 5.45. The number of para-hydroxylation sites is 1. The van der Waals surface area contributed by atoms with Crippen LogP contribution in [0.3, 0.4) is 0 Å². The van der Waals surface area contributed by atoms with E-state index in [0.29, 0.717) is 11.8 Å². The number of benzene rings is 1. The van der Waals surface area contributed by atoms with Gasteiger partial charge >= 0.3 is 0 Å². The molecule has 3 heterocycles. The molecule has 23 heavy (non-hydrogen) atoms. The van der Waals surface area contributed by atoms with E-state index in [9.17, 15) is 0 Å². The molecule has 0 atom stereocenters. The van der Waals surface area contributed by atoms with Crippen LogP contribution in [-0.4, -0.2) is 49.3 Å². The van der Waals surface area contributed by atoms with Crippen LogP contribution in [0.1, 0.15) is 0 Å². The zero-order valence-electron chi connectivity index (χ0n) is 12.7. The third kappa shape index (κ3) is 3.39. The Morgan fingerprint density at radius 1 is 1.22 bits per heavy atom. The molecule has 120 valence electrons. The number of hydrogen-bond acceptors (Lipinski definition) is 6. The van der Waals surface area contributed by atoms with Crippen molar-refractivity contribution >= 4 is 22.3 Å². The molecule has 1 aliphatic rings. The van der Waals surface area contributed by atoms with Gasteiger partial charge in [-0.1, -0.05) is 29.5 Å². The van der Waals surface area contributed by atoms with E-state index in [-0.39, 0.29) is 0 Å². The monoisotopic (exact) mass is 330 g/mol. The van der Waals surface area contributed by atoms with Crippen LogP contribution in [0.2, 0.25) is 0 Å². The number of thiazole rings is 1. The van der Waals surface area contributed by atoms with Gasteiger partial charge in [-0.25, -0.2) is 0 Å². The summed E-state index contributed by atoms with van der Waals surface area (Å²) in [6.45, 7) is 5.13. The van der Waals surface area contributed by atoms with E-state index in [1.807, 2.05) is 35.7 Å². The SMILES string of the molecule is c1ccc2oc(-c3csc(OCCN4CCOCC4)n3)cc2c1. The fourth-order valence-electron chi connectivity index (χ4n) is 2.63. The van der Waals surface area contributed by atoms with Crippen molar-refractivity contribution < 1.29 is 13.9 Å². The molecule has 0 spiro atoms. The number of nitrogens with zero attached hydrogens (tertiary/aromatic N) is 2. The van der Waals surface area contributed by atoms with Crippen LogP contribution in [0.25, 0.3) is 22.4 Å². The standard InChI is InChI=1S/C17H18N2O3S/c1-2-4-15-13(3-1)11-16(22-15)14-12-23-17(18-14)21-10-7-19-5-8-20-9-6-19/h1-4,11-12H,5-10H2. The van der Waals surface area contributed by atoms with Gasteiger partial charge in [0.1, 0.15) is 17.9 Å². The lowest BCUT2D eigenvalue weighted by molar-refractivity contribution is 0.0322. The van der Waals surface area contributed by atoms with Crippen LogP contribution in [-0.2, 0) is 4.74 Å². The molecule has 0 bridgehead atoms. The largest absolute Gasteiger partial charge is 0.469 e. The maximum absolute atomic E-state index is 5.83. The van der Waals surface area contributed by atoms with Crippen LogP contribution in [0, 0.1) is 0 Å². The summed E-state index contributed by atoms with van der Waals surface area (Å²) in [4.78, 5) is 6.86. The highest BCUT2D eigenvalue weighted by Crippen LogP contribution is 2.30. The van der Waals surface area contributed by atoms with Crippen LogP contribution >= 0.6 is 11.3 Å². The lowest BCUT2D eigenvalue weighted by Crippen LogP contribution is -2.38. The number of aromatic nitrogens is 1. The Balaban J connectivity index is 1.38. The van der Waals surface area contributed by atoms with Gasteiger partial charge in [0.25, 0.3) is 5.19 Å². The first-order valence-electron chi connectivity index (χ1n) is 7.76. The Labute approximate surface area is 138 Å². The molecule has 0 amide bonds. The Morgan fingerprint density at radius 3 is 2.96 bits per heavy atom. The number of fused-ring (bicyclic) bond motifs is 1. The van der Waals surface area contributed by atoms with Gasteiger partial charge in [0, 0.05) is 30.4 Å². The normalized spacial score (nSPS) is 16.0. The molecule has 1 aromatic carbocycles. The summed E-state index contributed by atoms with van der Waals surface area (Å²) in [6.07, 6.45) is 0. The van der Waals surface area contributed by atoms with E-state index < -0.39 is 0 Å². The lowest BCUT2D eigenvalue weighted by atomic mass is 10.2. The smallest absolute Gasteiger partial charge is 0.273 e. The van der Waals surface area contributed by atoms with Crippen LogP contribution in [0.5, 0.6) is 5.19 Å². The van der Waals surface area contributed by atoms with Crippen molar-refractivity contribution in [2.75, 3.05) is 39.5 Å². The molecule has 2 aromatic heterocycles. The van der Waals surface area contributed by atoms with Crippen LogP contribution in [0.15, 0.2) is 40.1 Å². The third-order valence-corrected chi connectivity index (χ3v) is 4.65. The zero-order chi connectivity index (χ0) is 15.5. The molecular formula is C17H18N2O3S. The fourth-order valence-corrected chi connectivity index (χ4v) is 3.32. The lowest BCUT2D eigenvalue weighted by Gasteiger charge is -2.26. The highest BCUT2D eigenvalue weighted by molar-refractivity contribution is 7.11. The van der Waals surface area contributed by atoms with Gasteiger partial charge in [0.2, 0.25) is 0 Å². The molecule has 3 aromatic rings. The molecule has 1 aliphatic heterocycles. The summed E-state index contributed by atoms with van der Waals surface area (Å²) < 4.78 is 16.9. The summed E-state index contributed by atoms with van der Waals surface area (Å²) in [5.41, 5.74) is 1.71. The zero-order valence-corrected chi connectivity index (χ0v) is 13.6. The molecule has 0 radical (unpaired) electrons. The Morgan fingerprint density at radius 2 is 2.09 bits per heavy atom. The number of rotatable bonds is 5. The maximum Gasteiger partial charge on any atom is 0.273 e. The molecule has 1 fully saturated rings. The third-order valence-electron chi connectivity index (χ3n) is 3.90. The molecule has 0 saturated carbocycles. The predicted octanol–water partition coefficient (Wildman–Crippen LogP) is 3.27. The second kappa shape index (κ2) is 6.70. The van der Waals surface area contributed by atoms with Crippen molar-refractivity contribution in [2.24, 2.45) is 0 Å². The van der Waals surface area contributed by atoms with E-state index in [0.717, 1.165) is 55.3 Å². The van der Waals surface area contributed by atoms with E-state index in [2.05, 4.69) is 9.88 Å². The van der Waals surface area contributed by atoms with Crippen molar-refractivity contribution in [3.05, 3.63) is 35.7 Å². The number of ether oxygens (including phenoxy) is 2. The average molecular weight is 330 g/mol. The first-order valence-corrected chi connectivity index (χ1v) is 8.64. The van der Waals surface area contributed by atoms with Gasteiger partial charge in [0.05, 0.1) is 13.2 Å². The van der Waals surface area contributed by atoms with Crippen molar-refractivity contribution in [3.63, 3.8) is 0 Å². The molecule has 5 nitrogen and oxygen atoms in total. The quantitative estimate of drug-likeness (QED) is 0.718. The number of morpholine rings is 1. The topological polar surface area (TPSA) is 47.7 Å². The van der Waals surface area contributed by atoms with Gasteiger partial charge in [-0.05, 0) is 12.1 Å². The summed E-state index contributed by atoms with van der Waals surface area (Å²) in [7, 11) is 0. The average Bonchev–Trinajstić information content (AvgIpc) is 3.22. The number of furan rings is 1. The maximum atomic E-state index is 5.83. The Bertz CT molecular complexity index is 744. The highest BCUT2D eigenvalue weighted by atomic mass is 32.1. The minimum absolute atomic E-state index is 0.646. The Kier molecular flexibility index (Phi) is 4.28. The molecule has 4 rings (SSSR count). The minimum atomic E-state index is 0.646. The van der Waals surface area contributed by atoms with E-state index in [4.69, 9.17) is 13.9 Å². The summed E-state index contributed by atoms with van der Waals surface area (Å²) >= 11 is 1.50. The number of hydrogen-bond donors (Lipinski definition) is 0. The van der Waals surface area contributed by atoms with Gasteiger partial charge < -0.3 is 13.9 Å². The van der Waals surface area contributed by atoms with Crippen molar-refractivity contribution in [1.29, 1.82) is 0 Å². The van der Waals surface area contributed by atoms with Crippen molar-refractivity contribution in [2.45, 2.75) is 0 Å². The summed E-state index contributed by atoms with van der Waals surface area (Å²) in [5.74, 6) is 0.783. The minimum Gasteiger partial charge on any atom is -0.469 e. The second-order valence-corrected chi connectivity index (χ2v) is 6.27. The molecule has 1 saturated heterocycles. The van der Waals surface area contributed by atoms with Gasteiger partial charge in [-0.15, -0.1) is 0 Å². The first-order chi connectivity index (χ1) is 11.4. The Hall–Kier alpha value is -1.89. The van der Waals surface area contributed by atoms with Crippen LogP contribution < -0.4 is 4.74 Å². The summed E-state index contributed by atoms with van der Waals surface area (Å²) in [6, 6.07) is 9.99. The van der Waals surface area contributed by atoms with Crippen molar-refractivity contribution in [1.82, 2.24) is 9.88 Å². The molecular weight excluding hydrogens is 312 g/mol. The highest BCUT2D eigenvalue weighted by Gasteiger charge is 2.12. The van der Waals surface area contributed by atoms with E-state index >= 15 is 0 Å². The first kappa shape index (κ1) is 14.7. The molecule has 0 N–H and O–H groups in total. The van der Waals surface area contributed by atoms with Crippen LogP contribution in [0.4, 0.5) is 0 Å². The molecule has 0 unspecified atom stereocenters. The predicted molar refractivity (Wildman–Crippen MR) is 90.1 cm³/mol. The van der Waals surface area contributed by atoms with E-state index in [1.165, 1.54) is 11.3 Å². The fraction of sp³-hybridized carbons (Fsp3) is 0.353. The molecule has 0 aliphatic carbocycles. The van der Waals surface area contributed by atoms with Gasteiger partial charge in [0.15, 0.2) is 5.76 Å².